The molecular formula is C20H20F2N2O5. The number of carbonyl (C=O) groups is 2. The maximum atomic E-state index is 13.4. The lowest BCUT2D eigenvalue weighted by molar-refractivity contribution is -0.134. The zero-order valence-electron chi connectivity index (χ0n) is 15.3. The van der Waals surface area contributed by atoms with Crippen LogP contribution in [0, 0.1) is 11.6 Å². The van der Waals surface area contributed by atoms with E-state index in [1.807, 2.05) is 12.1 Å². The molecule has 1 aliphatic rings. The van der Waals surface area contributed by atoms with Crippen molar-refractivity contribution in [2.24, 2.45) is 0 Å². The van der Waals surface area contributed by atoms with Crippen LogP contribution >= 0.6 is 0 Å². The zero-order chi connectivity index (χ0) is 21.2. The number of nitrogens with zero attached hydrogens (tertiary/aromatic N) is 1. The zero-order valence-corrected chi connectivity index (χ0v) is 15.3. The first-order valence-corrected chi connectivity index (χ1v) is 8.72. The van der Waals surface area contributed by atoms with Crippen molar-refractivity contribution in [3.8, 4) is 11.3 Å². The molecule has 1 aromatic carbocycles. The highest BCUT2D eigenvalue weighted by molar-refractivity contribution is 5.89. The molecule has 0 bridgehead atoms. The third-order valence-electron chi connectivity index (χ3n) is 3.94. The van der Waals surface area contributed by atoms with Crippen LogP contribution in [0.25, 0.3) is 11.3 Å². The Balaban J connectivity index is 0.000000321. The van der Waals surface area contributed by atoms with Crippen LogP contribution in [-0.2, 0) is 20.9 Å². The first kappa shape index (κ1) is 22.1. The predicted molar refractivity (Wildman–Crippen MR) is 100 cm³/mol. The summed E-state index contributed by atoms with van der Waals surface area (Å²) in [6, 6.07) is 7.52. The molecule has 3 N–H and O–H groups in total. The summed E-state index contributed by atoms with van der Waals surface area (Å²) in [4.78, 5) is 23.4. The van der Waals surface area contributed by atoms with Gasteiger partial charge in [-0.1, -0.05) is 6.07 Å². The number of ether oxygens (including phenoxy) is 1. The monoisotopic (exact) mass is 406 g/mol. The number of hydrogen-bond donors (Lipinski definition) is 3. The summed E-state index contributed by atoms with van der Waals surface area (Å²) >= 11 is 0. The molecule has 0 spiro atoms. The summed E-state index contributed by atoms with van der Waals surface area (Å²) in [5.74, 6) is -4.24. The fourth-order valence-corrected chi connectivity index (χ4v) is 2.58. The molecular weight excluding hydrogens is 386 g/mol. The molecule has 0 amide bonds. The molecule has 0 radical (unpaired) electrons. The van der Waals surface area contributed by atoms with Crippen LogP contribution in [0.3, 0.4) is 0 Å². The topological polar surface area (TPSA) is 109 Å². The standard InChI is InChI=1S/C16H16F2N2O.C4H4O4/c17-14-4-3-11(8-15(14)18)16-12(2-1-6-20-16)10-21-13-5-7-19-9-13;5-3(6)1-2-4(7)8/h1-4,6,8,13,19H,5,7,9-10H2;1-2H,(H,5,6)(H,7,8)/b;2-1+/t13-;/m0./s1. The van der Waals surface area contributed by atoms with Gasteiger partial charge in [0.1, 0.15) is 0 Å². The lowest BCUT2D eigenvalue weighted by atomic mass is 10.1. The molecule has 0 unspecified atom stereocenters. The molecule has 7 nitrogen and oxygen atoms in total. The van der Waals surface area contributed by atoms with Gasteiger partial charge in [0.2, 0.25) is 0 Å². The summed E-state index contributed by atoms with van der Waals surface area (Å²) in [5, 5.41) is 18.9. The van der Waals surface area contributed by atoms with Crippen molar-refractivity contribution < 1.29 is 33.3 Å². The summed E-state index contributed by atoms with van der Waals surface area (Å²) in [7, 11) is 0. The van der Waals surface area contributed by atoms with Gasteiger partial charge in [-0.2, -0.15) is 0 Å². The summed E-state index contributed by atoms with van der Waals surface area (Å²) < 4.78 is 32.3. The molecule has 1 aromatic heterocycles. The Morgan fingerprint density at radius 1 is 1.17 bits per heavy atom. The van der Waals surface area contributed by atoms with E-state index in [4.69, 9.17) is 14.9 Å². The van der Waals surface area contributed by atoms with E-state index in [2.05, 4.69) is 10.3 Å². The second-order valence-corrected chi connectivity index (χ2v) is 6.08. The summed E-state index contributed by atoms with van der Waals surface area (Å²) in [6.07, 6.45) is 3.94. The van der Waals surface area contributed by atoms with Crippen molar-refractivity contribution in [2.75, 3.05) is 13.1 Å². The maximum Gasteiger partial charge on any atom is 0.328 e. The van der Waals surface area contributed by atoms with Gasteiger partial charge in [-0.3, -0.25) is 4.98 Å². The normalized spacial score (nSPS) is 15.7. The average molecular weight is 406 g/mol. The van der Waals surface area contributed by atoms with Crippen LogP contribution < -0.4 is 5.32 Å². The molecule has 2 aromatic rings. The molecule has 0 saturated carbocycles. The van der Waals surface area contributed by atoms with Gasteiger partial charge in [-0.05, 0) is 37.2 Å². The van der Waals surface area contributed by atoms with Crippen LogP contribution in [-0.4, -0.2) is 46.3 Å². The van der Waals surface area contributed by atoms with Crippen LogP contribution in [0.5, 0.6) is 0 Å². The Labute approximate surface area is 165 Å². The van der Waals surface area contributed by atoms with E-state index >= 15 is 0 Å². The Hall–Kier alpha value is -3.17. The van der Waals surface area contributed by atoms with Crippen molar-refractivity contribution in [3.63, 3.8) is 0 Å². The number of benzene rings is 1. The molecule has 3 rings (SSSR count). The lowest BCUT2D eigenvalue weighted by Gasteiger charge is -2.13. The van der Waals surface area contributed by atoms with Gasteiger partial charge in [0.15, 0.2) is 11.6 Å². The average Bonchev–Trinajstić information content (AvgIpc) is 3.21. The summed E-state index contributed by atoms with van der Waals surface area (Å²) in [5.41, 5.74) is 2.05. The Morgan fingerprint density at radius 2 is 1.90 bits per heavy atom. The highest BCUT2D eigenvalue weighted by Gasteiger charge is 2.16. The van der Waals surface area contributed by atoms with Crippen LogP contribution in [0.2, 0.25) is 0 Å². The van der Waals surface area contributed by atoms with Crippen molar-refractivity contribution in [2.45, 2.75) is 19.1 Å². The first-order chi connectivity index (χ1) is 13.9. The number of nitrogens with one attached hydrogen (secondary N) is 1. The van der Waals surface area contributed by atoms with E-state index in [1.54, 1.807) is 6.20 Å². The smallest absolute Gasteiger partial charge is 0.328 e. The van der Waals surface area contributed by atoms with E-state index in [1.165, 1.54) is 6.07 Å². The van der Waals surface area contributed by atoms with Gasteiger partial charge in [0, 0.05) is 36.0 Å². The quantitative estimate of drug-likeness (QED) is 0.633. The number of aromatic nitrogens is 1. The number of halogens is 2. The molecule has 29 heavy (non-hydrogen) atoms. The molecule has 1 fully saturated rings. The molecule has 0 aliphatic carbocycles. The van der Waals surface area contributed by atoms with Gasteiger partial charge in [-0.15, -0.1) is 0 Å². The number of hydrogen-bond acceptors (Lipinski definition) is 5. The maximum absolute atomic E-state index is 13.4. The predicted octanol–water partition coefficient (Wildman–Crippen LogP) is 2.62. The van der Waals surface area contributed by atoms with E-state index < -0.39 is 23.6 Å². The number of carboxylic acid groups (broad SMARTS) is 2. The molecule has 1 aliphatic heterocycles. The van der Waals surface area contributed by atoms with Gasteiger partial charge < -0.3 is 20.3 Å². The second kappa shape index (κ2) is 11.0. The number of pyridine rings is 1. The van der Waals surface area contributed by atoms with E-state index in [-0.39, 0.29) is 6.10 Å². The Kier molecular flexibility index (Phi) is 8.38. The third-order valence-corrected chi connectivity index (χ3v) is 3.94. The van der Waals surface area contributed by atoms with Crippen molar-refractivity contribution in [1.29, 1.82) is 0 Å². The minimum absolute atomic E-state index is 0.197. The van der Waals surface area contributed by atoms with E-state index in [0.717, 1.165) is 37.2 Å². The van der Waals surface area contributed by atoms with E-state index in [9.17, 15) is 18.4 Å². The first-order valence-electron chi connectivity index (χ1n) is 8.72. The van der Waals surface area contributed by atoms with Gasteiger partial charge in [0.05, 0.1) is 18.4 Å². The number of aliphatic carboxylic acids is 2. The largest absolute Gasteiger partial charge is 0.478 e. The number of carboxylic acids is 2. The molecule has 154 valence electrons. The third kappa shape index (κ3) is 7.40. The van der Waals surface area contributed by atoms with Gasteiger partial charge in [0.25, 0.3) is 0 Å². The molecule has 1 atom stereocenters. The van der Waals surface area contributed by atoms with Crippen LogP contribution in [0.15, 0.2) is 48.7 Å². The van der Waals surface area contributed by atoms with E-state index in [0.29, 0.717) is 30.0 Å². The Morgan fingerprint density at radius 3 is 2.48 bits per heavy atom. The minimum atomic E-state index is -1.26. The summed E-state index contributed by atoms with van der Waals surface area (Å²) in [6.45, 7) is 2.23. The minimum Gasteiger partial charge on any atom is -0.478 e. The highest BCUT2D eigenvalue weighted by atomic mass is 19.2. The van der Waals surface area contributed by atoms with Crippen molar-refractivity contribution in [3.05, 3.63) is 65.9 Å². The fraction of sp³-hybridized carbons (Fsp3) is 0.250. The Bertz CT molecular complexity index is 867. The van der Waals surface area contributed by atoms with Crippen molar-refractivity contribution >= 4 is 11.9 Å². The SMILES string of the molecule is Fc1ccc(-c2ncccc2CO[C@H]2CCNC2)cc1F.O=C(O)/C=C/C(=O)O. The molecule has 1 saturated heterocycles. The number of rotatable bonds is 6. The van der Waals surface area contributed by atoms with Crippen LogP contribution in [0.4, 0.5) is 8.78 Å². The molecule has 9 heteroatoms. The van der Waals surface area contributed by atoms with Crippen LogP contribution in [0.1, 0.15) is 12.0 Å². The fourth-order valence-electron chi connectivity index (χ4n) is 2.58. The highest BCUT2D eigenvalue weighted by Crippen LogP contribution is 2.24. The van der Waals surface area contributed by atoms with Crippen molar-refractivity contribution in [1.82, 2.24) is 10.3 Å². The molecule has 2 heterocycles. The second-order valence-electron chi connectivity index (χ2n) is 6.08. The lowest BCUT2D eigenvalue weighted by Crippen LogP contribution is -2.16. The van der Waals surface area contributed by atoms with Gasteiger partial charge >= 0.3 is 11.9 Å². The van der Waals surface area contributed by atoms with Gasteiger partial charge in [-0.25, -0.2) is 18.4 Å².